The van der Waals surface area contributed by atoms with Crippen LogP contribution >= 0.6 is 11.8 Å². The Morgan fingerprint density at radius 3 is 2.52 bits per heavy atom. The normalized spacial score (nSPS) is 14.1. The molecule has 2 aromatic carbocycles. The molecule has 0 saturated heterocycles. The van der Waals surface area contributed by atoms with Crippen molar-refractivity contribution in [1.82, 2.24) is 5.32 Å². The number of halogens is 1. The van der Waals surface area contributed by atoms with Crippen LogP contribution in [0.3, 0.4) is 0 Å². The average molecular weight is 386 g/mol. The minimum atomic E-state index is -0.281. The van der Waals surface area contributed by atoms with Crippen molar-refractivity contribution in [3.63, 3.8) is 0 Å². The standard InChI is InChI=1S/C21H23FN2O2S/c22-17-10-4-6-12-19(17)27-14-13-20(25)24-18-11-5-3-9-16(18)21(26)23-15-7-1-2-8-15/h3-6,9-12,15H,1-2,7-8,13-14H2,(H,23,26)(H,24,25). The number of benzene rings is 2. The molecule has 1 aliphatic rings. The summed E-state index contributed by atoms with van der Waals surface area (Å²) in [5.41, 5.74) is 0.980. The lowest BCUT2D eigenvalue weighted by Crippen LogP contribution is -2.33. The Bertz CT molecular complexity index is 806. The maximum absolute atomic E-state index is 13.6. The number of carbonyl (C=O) groups excluding carboxylic acids is 2. The van der Waals surface area contributed by atoms with Crippen LogP contribution in [-0.4, -0.2) is 23.6 Å². The fourth-order valence-corrected chi connectivity index (χ4v) is 4.04. The van der Waals surface area contributed by atoms with E-state index in [0.717, 1.165) is 25.7 Å². The van der Waals surface area contributed by atoms with E-state index in [1.165, 1.54) is 17.8 Å². The van der Waals surface area contributed by atoms with Gasteiger partial charge < -0.3 is 10.6 Å². The molecule has 0 radical (unpaired) electrons. The average Bonchev–Trinajstić information content (AvgIpc) is 3.17. The zero-order valence-electron chi connectivity index (χ0n) is 15.0. The van der Waals surface area contributed by atoms with Gasteiger partial charge in [0.15, 0.2) is 0 Å². The molecule has 2 aromatic rings. The molecule has 1 fully saturated rings. The largest absolute Gasteiger partial charge is 0.349 e. The third-order valence-electron chi connectivity index (χ3n) is 4.56. The summed E-state index contributed by atoms with van der Waals surface area (Å²) in [4.78, 5) is 25.3. The van der Waals surface area contributed by atoms with Gasteiger partial charge in [0, 0.05) is 23.1 Å². The molecular formula is C21H23FN2O2S. The van der Waals surface area contributed by atoms with Crippen LogP contribution in [0, 0.1) is 5.82 Å². The summed E-state index contributed by atoms with van der Waals surface area (Å²) in [7, 11) is 0. The number of amides is 2. The van der Waals surface area contributed by atoms with E-state index in [4.69, 9.17) is 0 Å². The highest BCUT2D eigenvalue weighted by molar-refractivity contribution is 7.99. The summed E-state index contributed by atoms with van der Waals surface area (Å²) in [6.45, 7) is 0. The first-order valence-electron chi connectivity index (χ1n) is 9.20. The van der Waals surface area contributed by atoms with Gasteiger partial charge in [-0.15, -0.1) is 11.8 Å². The van der Waals surface area contributed by atoms with Crippen LogP contribution in [0.2, 0.25) is 0 Å². The Morgan fingerprint density at radius 2 is 1.74 bits per heavy atom. The minimum absolute atomic E-state index is 0.154. The fraction of sp³-hybridized carbons (Fsp3) is 0.333. The molecule has 1 saturated carbocycles. The highest BCUT2D eigenvalue weighted by atomic mass is 32.2. The van der Waals surface area contributed by atoms with Crippen molar-refractivity contribution < 1.29 is 14.0 Å². The van der Waals surface area contributed by atoms with E-state index in [9.17, 15) is 14.0 Å². The fourth-order valence-electron chi connectivity index (χ4n) is 3.15. The van der Waals surface area contributed by atoms with Crippen LogP contribution in [0.15, 0.2) is 53.4 Å². The molecule has 2 amide bonds. The van der Waals surface area contributed by atoms with E-state index in [0.29, 0.717) is 21.9 Å². The molecule has 0 unspecified atom stereocenters. The lowest BCUT2D eigenvalue weighted by atomic mass is 10.1. The summed E-state index contributed by atoms with van der Waals surface area (Å²) in [5.74, 6) is -0.168. The highest BCUT2D eigenvalue weighted by Gasteiger charge is 2.20. The Hall–Kier alpha value is -2.34. The minimum Gasteiger partial charge on any atom is -0.349 e. The van der Waals surface area contributed by atoms with Crippen molar-refractivity contribution in [2.45, 2.75) is 43.0 Å². The van der Waals surface area contributed by atoms with Gasteiger partial charge in [0.25, 0.3) is 5.91 Å². The van der Waals surface area contributed by atoms with Gasteiger partial charge in [-0.05, 0) is 37.1 Å². The Balaban J connectivity index is 1.54. The molecule has 2 N–H and O–H groups in total. The van der Waals surface area contributed by atoms with Gasteiger partial charge in [0.05, 0.1) is 11.3 Å². The van der Waals surface area contributed by atoms with Crippen LogP contribution in [-0.2, 0) is 4.79 Å². The molecule has 27 heavy (non-hydrogen) atoms. The number of anilines is 1. The van der Waals surface area contributed by atoms with Gasteiger partial charge in [0.1, 0.15) is 5.82 Å². The number of carbonyl (C=O) groups is 2. The van der Waals surface area contributed by atoms with Gasteiger partial charge in [-0.2, -0.15) is 0 Å². The summed E-state index contributed by atoms with van der Waals surface area (Å²) >= 11 is 1.30. The molecule has 4 nitrogen and oxygen atoms in total. The Kier molecular flexibility index (Phi) is 6.87. The van der Waals surface area contributed by atoms with Crippen molar-refractivity contribution in [1.29, 1.82) is 0 Å². The molecule has 6 heteroatoms. The van der Waals surface area contributed by atoms with Gasteiger partial charge in [-0.1, -0.05) is 37.1 Å². The topological polar surface area (TPSA) is 58.2 Å². The van der Waals surface area contributed by atoms with Gasteiger partial charge >= 0.3 is 0 Å². The van der Waals surface area contributed by atoms with Gasteiger partial charge in [-0.3, -0.25) is 9.59 Å². The summed E-state index contributed by atoms with van der Waals surface area (Å²) in [6.07, 6.45) is 4.53. The summed E-state index contributed by atoms with van der Waals surface area (Å²) < 4.78 is 13.6. The second-order valence-corrected chi connectivity index (χ2v) is 7.71. The molecule has 1 aliphatic carbocycles. The van der Waals surface area contributed by atoms with E-state index >= 15 is 0 Å². The Labute approximate surface area is 162 Å². The van der Waals surface area contributed by atoms with E-state index in [1.807, 2.05) is 0 Å². The Morgan fingerprint density at radius 1 is 1.04 bits per heavy atom. The predicted molar refractivity (Wildman–Crippen MR) is 107 cm³/mol. The van der Waals surface area contributed by atoms with E-state index < -0.39 is 0 Å². The number of nitrogens with one attached hydrogen (secondary N) is 2. The van der Waals surface area contributed by atoms with Crippen LogP contribution in [0.5, 0.6) is 0 Å². The maximum Gasteiger partial charge on any atom is 0.253 e. The third kappa shape index (κ3) is 5.57. The van der Waals surface area contributed by atoms with Crippen LogP contribution < -0.4 is 10.6 Å². The number of rotatable bonds is 7. The quantitative estimate of drug-likeness (QED) is 0.683. The zero-order valence-corrected chi connectivity index (χ0v) is 15.9. The molecule has 3 rings (SSSR count). The predicted octanol–water partition coefficient (Wildman–Crippen LogP) is 4.62. The molecule has 0 heterocycles. The van der Waals surface area contributed by atoms with Gasteiger partial charge in [-0.25, -0.2) is 4.39 Å². The van der Waals surface area contributed by atoms with Crippen molar-refractivity contribution >= 4 is 29.3 Å². The highest BCUT2D eigenvalue weighted by Crippen LogP contribution is 2.23. The summed E-state index contributed by atoms with van der Waals surface area (Å²) in [6, 6.07) is 13.7. The molecule has 0 bridgehead atoms. The number of hydrogen-bond donors (Lipinski definition) is 2. The number of para-hydroxylation sites is 1. The first-order chi connectivity index (χ1) is 13.1. The van der Waals surface area contributed by atoms with Crippen molar-refractivity contribution in [3.8, 4) is 0 Å². The smallest absolute Gasteiger partial charge is 0.253 e. The summed E-state index contributed by atoms with van der Waals surface area (Å²) in [5, 5.41) is 5.85. The molecule has 0 atom stereocenters. The first kappa shape index (κ1) is 19.4. The number of thioether (sulfide) groups is 1. The second-order valence-electron chi connectivity index (χ2n) is 6.58. The molecule has 0 aliphatic heterocycles. The molecule has 0 aromatic heterocycles. The van der Waals surface area contributed by atoms with E-state index in [2.05, 4.69) is 10.6 Å². The SMILES string of the molecule is O=C(CCSc1ccccc1F)Nc1ccccc1C(=O)NC1CCCC1. The third-order valence-corrected chi connectivity index (χ3v) is 5.61. The van der Waals surface area contributed by atoms with Crippen molar-refractivity contribution in [3.05, 3.63) is 59.9 Å². The van der Waals surface area contributed by atoms with Crippen molar-refractivity contribution in [2.75, 3.05) is 11.1 Å². The van der Waals surface area contributed by atoms with Crippen LogP contribution in [0.25, 0.3) is 0 Å². The van der Waals surface area contributed by atoms with Crippen LogP contribution in [0.1, 0.15) is 42.5 Å². The molecule has 0 spiro atoms. The van der Waals surface area contributed by atoms with Gasteiger partial charge in [0.2, 0.25) is 5.91 Å². The van der Waals surface area contributed by atoms with Crippen LogP contribution in [0.4, 0.5) is 10.1 Å². The lowest BCUT2D eigenvalue weighted by Gasteiger charge is -2.15. The number of hydrogen-bond acceptors (Lipinski definition) is 3. The lowest BCUT2D eigenvalue weighted by molar-refractivity contribution is -0.115. The monoisotopic (exact) mass is 386 g/mol. The van der Waals surface area contributed by atoms with E-state index in [-0.39, 0.29) is 30.1 Å². The van der Waals surface area contributed by atoms with E-state index in [1.54, 1.807) is 42.5 Å². The maximum atomic E-state index is 13.6. The molecular weight excluding hydrogens is 363 g/mol. The zero-order chi connectivity index (χ0) is 19.1. The first-order valence-corrected chi connectivity index (χ1v) is 10.2. The second kappa shape index (κ2) is 9.55. The van der Waals surface area contributed by atoms with Crippen molar-refractivity contribution in [2.24, 2.45) is 0 Å². The molecule has 142 valence electrons.